The molecular weight excluding hydrogens is 712 g/mol. The zero-order valence-electron chi connectivity index (χ0n) is 29.7. The molecule has 7 rings (SSSR count). The number of nitrogens with zero attached hydrogens (tertiary/aromatic N) is 8. The van der Waals surface area contributed by atoms with Crippen LogP contribution in [-0.4, -0.2) is 95.8 Å². The third kappa shape index (κ3) is 6.41. The fraction of sp³-hybridized carbons (Fsp3) is 0.472. The van der Waals surface area contributed by atoms with Crippen LogP contribution in [-0.2, 0) is 23.7 Å². The lowest BCUT2D eigenvalue weighted by atomic mass is 9.81. The maximum Gasteiger partial charge on any atom is 0.276 e. The van der Waals surface area contributed by atoms with Crippen molar-refractivity contribution in [2.75, 3.05) is 35.3 Å². The minimum atomic E-state index is -3.12. The Bertz CT molecular complexity index is 2180. The Balaban J connectivity index is 1.28. The third-order valence-electron chi connectivity index (χ3n) is 10.8. The van der Waals surface area contributed by atoms with Crippen molar-refractivity contribution < 1.29 is 28.6 Å². The lowest BCUT2D eigenvalue weighted by molar-refractivity contribution is -0.116. The zero-order chi connectivity index (χ0) is 37.9. The van der Waals surface area contributed by atoms with E-state index in [4.69, 9.17) is 16.6 Å². The molecule has 17 heteroatoms. The summed E-state index contributed by atoms with van der Waals surface area (Å²) in [6.07, 6.45) is 5.30. The first kappa shape index (κ1) is 36.4. The average Bonchev–Trinajstić information content (AvgIpc) is 3.10. The number of carbonyl (C=O) groups is 2. The highest BCUT2D eigenvalue weighted by atomic mass is 35.5. The molecule has 4 aromatic rings. The highest BCUT2D eigenvalue weighted by Gasteiger charge is 2.47. The molecule has 3 aliphatic rings. The number of aromatic hydroxyl groups is 1. The van der Waals surface area contributed by atoms with Crippen molar-refractivity contribution in [2.24, 2.45) is 0 Å². The highest BCUT2D eigenvalue weighted by molar-refractivity contribution is 6.33. The van der Waals surface area contributed by atoms with Gasteiger partial charge in [0, 0.05) is 44.4 Å². The number of rotatable bonds is 9. The van der Waals surface area contributed by atoms with E-state index < -0.39 is 23.8 Å². The van der Waals surface area contributed by atoms with Gasteiger partial charge >= 0.3 is 0 Å². The molecule has 0 bridgehead atoms. The van der Waals surface area contributed by atoms with Gasteiger partial charge in [0.25, 0.3) is 11.8 Å². The largest absolute Gasteiger partial charge is 0.504 e. The van der Waals surface area contributed by atoms with Gasteiger partial charge in [0.05, 0.1) is 40.8 Å². The number of likely N-dealkylation sites (N-methyl/N-ethyl adjacent to an activating group) is 1. The van der Waals surface area contributed by atoms with Gasteiger partial charge in [-0.15, -0.1) is 0 Å². The van der Waals surface area contributed by atoms with Gasteiger partial charge in [-0.05, 0) is 51.2 Å². The summed E-state index contributed by atoms with van der Waals surface area (Å²) in [6.45, 7) is 4.43. The monoisotopic (exact) mass is 751 g/mol. The number of pyridine rings is 1. The second-order valence-corrected chi connectivity index (χ2v) is 14.4. The van der Waals surface area contributed by atoms with Crippen LogP contribution in [0.4, 0.5) is 26.0 Å². The van der Waals surface area contributed by atoms with E-state index in [1.807, 2.05) is 11.8 Å². The number of amides is 2. The number of aliphatic hydroxyl groups excluding tert-OH is 1. The Labute approximate surface area is 308 Å². The van der Waals surface area contributed by atoms with E-state index in [0.29, 0.717) is 48.6 Å². The number of alkyl halides is 2. The first-order chi connectivity index (χ1) is 25.2. The first-order valence-corrected chi connectivity index (χ1v) is 18.0. The smallest absolute Gasteiger partial charge is 0.276 e. The number of halogens is 3. The molecule has 2 unspecified atom stereocenters. The van der Waals surface area contributed by atoms with Gasteiger partial charge in [0.1, 0.15) is 24.4 Å². The van der Waals surface area contributed by atoms with Crippen molar-refractivity contribution in [3.05, 3.63) is 68.6 Å². The molecule has 1 aromatic carbocycles. The number of fused-ring (bicyclic) bond motifs is 2. The molecule has 1 aliphatic heterocycles. The van der Waals surface area contributed by atoms with Crippen molar-refractivity contribution in [2.45, 2.75) is 89.6 Å². The SMILES string of the molecule is CCc1c(N2CCN(C(=O)c3ncnc(C)c3O)[C@H]3CC[C@@H]32)c(=O)c2nc(N(C)C3CCC3O)cnc2n1CC(=O)Nc1ccc(C(C)(F)F)cc1Cl. The van der Waals surface area contributed by atoms with Crippen molar-refractivity contribution >= 4 is 51.8 Å². The molecule has 4 heterocycles. The van der Waals surface area contributed by atoms with Crippen molar-refractivity contribution in [1.82, 2.24) is 29.4 Å². The lowest BCUT2D eigenvalue weighted by Gasteiger charge is -2.54. The first-order valence-electron chi connectivity index (χ1n) is 17.6. The van der Waals surface area contributed by atoms with Gasteiger partial charge in [0.2, 0.25) is 11.3 Å². The van der Waals surface area contributed by atoms with E-state index in [9.17, 15) is 33.4 Å². The van der Waals surface area contributed by atoms with E-state index in [-0.39, 0.29) is 82.1 Å². The van der Waals surface area contributed by atoms with Crippen LogP contribution in [0.1, 0.15) is 67.0 Å². The van der Waals surface area contributed by atoms with Gasteiger partial charge < -0.3 is 34.8 Å². The van der Waals surface area contributed by atoms with E-state index in [0.717, 1.165) is 19.4 Å². The summed E-state index contributed by atoms with van der Waals surface area (Å²) >= 11 is 6.31. The van der Waals surface area contributed by atoms with Crippen LogP contribution in [0.25, 0.3) is 11.2 Å². The van der Waals surface area contributed by atoms with Crippen LogP contribution < -0.4 is 20.5 Å². The third-order valence-corrected chi connectivity index (χ3v) is 11.1. The summed E-state index contributed by atoms with van der Waals surface area (Å²) in [5.41, 5.74) is 0.778. The molecule has 2 aliphatic carbocycles. The lowest BCUT2D eigenvalue weighted by Crippen LogP contribution is -2.67. The molecule has 14 nitrogen and oxygen atoms in total. The number of hydrogen-bond donors (Lipinski definition) is 3. The molecule has 3 N–H and O–H groups in total. The molecule has 2 saturated carbocycles. The summed E-state index contributed by atoms with van der Waals surface area (Å²) in [5, 5.41) is 23.6. The molecule has 280 valence electrons. The topological polar surface area (TPSA) is 170 Å². The Hall–Kier alpha value is -4.96. The number of aryl methyl sites for hydroxylation is 1. The predicted octanol–water partition coefficient (Wildman–Crippen LogP) is 4.01. The van der Waals surface area contributed by atoms with Crippen LogP contribution >= 0.6 is 11.6 Å². The van der Waals surface area contributed by atoms with Crippen LogP contribution in [0.2, 0.25) is 5.02 Å². The van der Waals surface area contributed by atoms with Gasteiger partial charge in [0.15, 0.2) is 22.6 Å². The normalized spacial score (nSPS) is 21.1. The number of nitrogens with one attached hydrogen (secondary N) is 1. The Morgan fingerprint density at radius 1 is 1.11 bits per heavy atom. The van der Waals surface area contributed by atoms with Crippen molar-refractivity contribution in [3.8, 4) is 5.75 Å². The second kappa shape index (κ2) is 13.8. The summed E-state index contributed by atoms with van der Waals surface area (Å²) in [7, 11) is 1.78. The summed E-state index contributed by atoms with van der Waals surface area (Å²) in [4.78, 5) is 64.9. The maximum absolute atomic E-state index is 14.6. The van der Waals surface area contributed by atoms with E-state index >= 15 is 0 Å². The number of aromatic nitrogens is 5. The van der Waals surface area contributed by atoms with Gasteiger partial charge in [-0.3, -0.25) is 14.4 Å². The van der Waals surface area contributed by atoms with Crippen LogP contribution in [0, 0.1) is 6.92 Å². The summed E-state index contributed by atoms with van der Waals surface area (Å²) < 4.78 is 29.5. The Kier molecular flexibility index (Phi) is 9.47. The number of anilines is 3. The second-order valence-electron chi connectivity index (χ2n) is 14.0. The Morgan fingerprint density at radius 2 is 1.87 bits per heavy atom. The maximum atomic E-state index is 14.6. The molecule has 4 atom stereocenters. The predicted molar refractivity (Wildman–Crippen MR) is 194 cm³/mol. The minimum Gasteiger partial charge on any atom is -0.504 e. The number of carbonyl (C=O) groups excluding carboxylic acids is 2. The fourth-order valence-corrected chi connectivity index (χ4v) is 7.78. The zero-order valence-corrected chi connectivity index (χ0v) is 30.4. The van der Waals surface area contributed by atoms with Crippen LogP contribution in [0.15, 0.2) is 35.5 Å². The van der Waals surface area contributed by atoms with Crippen molar-refractivity contribution in [3.63, 3.8) is 0 Å². The summed E-state index contributed by atoms with van der Waals surface area (Å²) in [5.74, 6) is -3.96. The molecule has 1 saturated heterocycles. The highest BCUT2D eigenvalue weighted by Crippen LogP contribution is 2.39. The average molecular weight is 752 g/mol. The molecular formula is C36H40ClF2N9O5. The molecule has 3 aromatic heterocycles. The van der Waals surface area contributed by atoms with Crippen molar-refractivity contribution in [1.29, 1.82) is 0 Å². The standard InChI is InChI=1S/C36H40ClF2N9O5/c1-5-22-31(46-12-13-47(24-9-8-23(24)46)35(53)30-32(51)18(2)41-17-42-30)33(52)29-34(40-15-27(44-29)45(4)25-10-11-26(25)49)48(22)16-28(50)43-21-7-6-19(14-20(21)37)36(3,38)39/h6-7,14-15,17,23-26,49,51H,5,8-13,16H2,1-4H3,(H,43,50)/t23-,24-,25?,26?/m0/s1. The minimum absolute atomic E-state index is 0.0338. The molecule has 53 heavy (non-hydrogen) atoms. The van der Waals surface area contributed by atoms with Gasteiger partial charge in [-0.25, -0.2) is 28.7 Å². The molecule has 2 amide bonds. The van der Waals surface area contributed by atoms with Crippen LogP contribution in [0.3, 0.4) is 0 Å². The van der Waals surface area contributed by atoms with E-state index in [1.165, 1.54) is 24.7 Å². The fourth-order valence-electron chi connectivity index (χ4n) is 7.55. The van der Waals surface area contributed by atoms with Gasteiger partial charge in [-0.2, -0.15) is 0 Å². The summed E-state index contributed by atoms with van der Waals surface area (Å²) in [6, 6.07) is 2.92. The van der Waals surface area contributed by atoms with E-state index in [1.54, 1.807) is 28.3 Å². The molecule has 0 radical (unpaired) electrons. The molecule has 3 fully saturated rings. The molecule has 0 spiro atoms. The quantitative estimate of drug-likeness (QED) is 0.226. The number of hydrogen-bond acceptors (Lipinski definition) is 11. The van der Waals surface area contributed by atoms with E-state index in [2.05, 4.69) is 20.3 Å². The van der Waals surface area contributed by atoms with Crippen LogP contribution in [0.5, 0.6) is 5.75 Å². The van der Waals surface area contributed by atoms with Gasteiger partial charge in [-0.1, -0.05) is 24.6 Å². The number of aliphatic hydroxyl groups is 1. The number of benzene rings is 1. The number of piperazine rings is 1. The Morgan fingerprint density at radius 3 is 2.49 bits per heavy atom.